The average molecular weight is 253 g/mol. The normalized spacial score (nSPS) is 17.9. The van der Waals surface area contributed by atoms with E-state index in [1.54, 1.807) is 0 Å². The number of halogens is 1. The first-order chi connectivity index (χ1) is 7.81. The van der Waals surface area contributed by atoms with Gasteiger partial charge in [-0.3, -0.25) is 4.90 Å². The summed E-state index contributed by atoms with van der Waals surface area (Å²) in [5, 5.41) is 9.29. The van der Waals surface area contributed by atoms with Gasteiger partial charge in [-0.15, -0.1) is 12.4 Å². The van der Waals surface area contributed by atoms with Gasteiger partial charge in [0.25, 0.3) is 0 Å². The highest BCUT2D eigenvalue weighted by molar-refractivity contribution is 5.85. The average Bonchev–Trinajstić information content (AvgIpc) is 2.31. The van der Waals surface area contributed by atoms with Gasteiger partial charge in [0.2, 0.25) is 0 Å². The fourth-order valence-electron chi connectivity index (χ4n) is 2.04. The van der Waals surface area contributed by atoms with Crippen LogP contribution in [-0.2, 0) is 4.74 Å². The zero-order valence-electron chi connectivity index (χ0n) is 9.93. The molecule has 0 aromatic heterocycles. The van der Waals surface area contributed by atoms with E-state index in [0.29, 0.717) is 0 Å². The molecule has 92 valence electrons. The minimum absolute atomic E-state index is 0. The summed E-state index contributed by atoms with van der Waals surface area (Å²) in [5.74, 6) is 0. The van der Waals surface area contributed by atoms with E-state index in [1.165, 1.54) is 5.56 Å². The van der Waals surface area contributed by atoms with Crippen LogP contribution < -0.4 is 0 Å². The number of hydrogen-bond donors (Lipinski definition) is 0. The predicted octanol–water partition coefficient (Wildman–Crippen LogP) is 2.31. The lowest BCUT2D eigenvalue weighted by Gasteiger charge is -2.30. The summed E-state index contributed by atoms with van der Waals surface area (Å²) in [6.07, 6.45) is 0. The molecule has 0 bridgehead atoms. The van der Waals surface area contributed by atoms with Crippen molar-refractivity contribution in [3.8, 4) is 6.07 Å². The molecule has 2 rings (SSSR count). The molecule has 0 amide bonds. The van der Waals surface area contributed by atoms with Crippen LogP contribution in [0, 0.1) is 18.3 Å². The van der Waals surface area contributed by atoms with Gasteiger partial charge in [-0.2, -0.15) is 5.26 Å². The summed E-state index contributed by atoms with van der Waals surface area (Å²) in [6, 6.07) is 10.4. The summed E-state index contributed by atoms with van der Waals surface area (Å²) in [7, 11) is 0. The largest absolute Gasteiger partial charge is 0.379 e. The van der Waals surface area contributed by atoms with Crippen LogP contribution in [0.3, 0.4) is 0 Å². The van der Waals surface area contributed by atoms with Gasteiger partial charge in [0.05, 0.1) is 19.3 Å². The van der Waals surface area contributed by atoms with E-state index in [4.69, 9.17) is 4.74 Å². The third kappa shape index (κ3) is 3.44. The van der Waals surface area contributed by atoms with Crippen molar-refractivity contribution in [2.24, 2.45) is 0 Å². The number of nitriles is 1. The summed E-state index contributed by atoms with van der Waals surface area (Å²) < 4.78 is 5.30. The highest BCUT2D eigenvalue weighted by atomic mass is 35.5. The monoisotopic (exact) mass is 252 g/mol. The van der Waals surface area contributed by atoms with Crippen LogP contribution in [0.5, 0.6) is 0 Å². The number of aryl methyl sites for hydroxylation is 1. The number of ether oxygens (including phenoxy) is 1. The van der Waals surface area contributed by atoms with E-state index in [2.05, 4.69) is 30.0 Å². The van der Waals surface area contributed by atoms with Gasteiger partial charge in [0.1, 0.15) is 6.04 Å². The van der Waals surface area contributed by atoms with Crippen molar-refractivity contribution < 1.29 is 4.74 Å². The Kier molecular flexibility index (Phi) is 5.43. The highest BCUT2D eigenvalue weighted by Gasteiger charge is 2.21. The third-order valence-electron chi connectivity index (χ3n) is 2.89. The zero-order chi connectivity index (χ0) is 11.4. The van der Waals surface area contributed by atoms with Crippen molar-refractivity contribution in [2.75, 3.05) is 26.3 Å². The van der Waals surface area contributed by atoms with E-state index < -0.39 is 0 Å². The van der Waals surface area contributed by atoms with E-state index in [9.17, 15) is 5.26 Å². The molecule has 1 aliphatic heterocycles. The Hall–Kier alpha value is -1.08. The van der Waals surface area contributed by atoms with Crippen molar-refractivity contribution in [3.63, 3.8) is 0 Å². The number of rotatable bonds is 2. The van der Waals surface area contributed by atoms with E-state index >= 15 is 0 Å². The molecule has 1 fully saturated rings. The molecule has 0 saturated carbocycles. The van der Waals surface area contributed by atoms with Crippen molar-refractivity contribution in [3.05, 3.63) is 35.4 Å². The first-order valence-corrected chi connectivity index (χ1v) is 5.59. The summed E-state index contributed by atoms with van der Waals surface area (Å²) in [5.41, 5.74) is 2.29. The second-order valence-electron chi connectivity index (χ2n) is 4.09. The molecule has 1 atom stereocenters. The molecule has 1 unspecified atom stereocenters. The first-order valence-electron chi connectivity index (χ1n) is 5.59. The van der Waals surface area contributed by atoms with Crippen LogP contribution >= 0.6 is 12.4 Å². The van der Waals surface area contributed by atoms with Crippen LogP contribution in [0.15, 0.2) is 24.3 Å². The molecule has 1 aliphatic rings. The van der Waals surface area contributed by atoms with Crippen molar-refractivity contribution >= 4 is 12.4 Å². The van der Waals surface area contributed by atoms with Crippen LogP contribution in [0.1, 0.15) is 17.2 Å². The molecule has 0 N–H and O–H groups in total. The van der Waals surface area contributed by atoms with E-state index in [1.807, 2.05) is 12.1 Å². The maximum Gasteiger partial charge on any atom is 0.124 e. The van der Waals surface area contributed by atoms with Crippen LogP contribution in [-0.4, -0.2) is 31.2 Å². The van der Waals surface area contributed by atoms with Gasteiger partial charge < -0.3 is 4.74 Å². The zero-order valence-corrected chi connectivity index (χ0v) is 10.7. The van der Waals surface area contributed by atoms with E-state index in [0.717, 1.165) is 31.9 Å². The molecule has 0 aliphatic carbocycles. The summed E-state index contributed by atoms with van der Waals surface area (Å²) in [4.78, 5) is 2.18. The molecule has 4 heteroatoms. The second-order valence-corrected chi connectivity index (χ2v) is 4.09. The maximum absolute atomic E-state index is 9.29. The number of benzene rings is 1. The Morgan fingerprint density at radius 2 is 2.06 bits per heavy atom. The highest BCUT2D eigenvalue weighted by Crippen LogP contribution is 2.21. The number of hydrogen-bond acceptors (Lipinski definition) is 3. The first kappa shape index (κ1) is 14.0. The summed E-state index contributed by atoms with van der Waals surface area (Å²) in [6.45, 7) is 5.18. The SMILES string of the molecule is Cc1cccc(C(C#N)N2CCOCC2)c1.Cl. The van der Waals surface area contributed by atoms with Gasteiger partial charge in [-0.05, 0) is 12.5 Å². The lowest BCUT2D eigenvalue weighted by Crippen LogP contribution is -2.38. The molecule has 0 radical (unpaired) electrons. The molecular weight excluding hydrogens is 236 g/mol. The quantitative estimate of drug-likeness (QED) is 0.811. The fraction of sp³-hybridized carbons (Fsp3) is 0.462. The smallest absolute Gasteiger partial charge is 0.124 e. The second kappa shape index (κ2) is 6.61. The third-order valence-corrected chi connectivity index (χ3v) is 2.89. The molecule has 1 heterocycles. The molecule has 1 saturated heterocycles. The van der Waals surface area contributed by atoms with E-state index in [-0.39, 0.29) is 18.4 Å². The lowest BCUT2D eigenvalue weighted by molar-refractivity contribution is 0.0266. The van der Waals surface area contributed by atoms with Gasteiger partial charge in [0.15, 0.2) is 0 Å². The van der Waals surface area contributed by atoms with Crippen LogP contribution in [0.25, 0.3) is 0 Å². The van der Waals surface area contributed by atoms with Crippen LogP contribution in [0.4, 0.5) is 0 Å². The predicted molar refractivity (Wildman–Crippen MR) is 69.2 cm³/mol. The Bertz CT molecular complexity index is 397. The van der Waals surface area contributed by atoms with Crippen LogP contribution in [0.2, 0.25) is 0 Å². The van der Waals surface area contributed by atoms with Gasteiger partial charge in [0, 0.05) is 13.1 Å². The minimum Gasteiger partial charge on any atom is -0.379 e. The summed E-state index contributed by atoms with van der Waals surface area (Å²) >= 11 is 0. The fourth-order valence-corrected chi connectivity index (χ4v) is 2.04. The maximum atomic E-state index is 9.29. The molecule has 17 heavy (non-hydrogen) atoms. The van der Waals surface area contributed by atoms with Crippen molar-refractivity contribution in [2.45, 2.75) is 13.0 Å². The number of nitrogens with zero attached hydrogens (tertiary/aromatic N) is 2. The van der Waals surface area contributed by atoms with Gasteiger partial charge >= 0.3 is 0 Å². The Morgan fingerprint density at radius 1 is 1.35 bits per heavy atom. The van der Waals surface area contributed by atoms with Gasteiger partial charge in [-0.25, -0.2) is 0 Å². The molecule has 3 nitrogen and oxygen atoms in total. The minimum atomic E-state index is -0.135. The molecular formula is C13H17ClN2O. The Balaban J connectivity index is 0.00000144. The topological polar surface area (TPSA) is 36.3 Å². The Labute approximate surface area is 108 Å². The number of morpholine rings is 1. The molecule has 1 aromatic rings. The Morgan fingerprint density at radius 3 is 2.65 bits per heavy atom. The molecule has 0 spiro atoms. The lowest BCUT2D eigenvalue weighted by atomic mass is 10.0. The standard InChI is InChI=1S/C13H16N2O.ClH/c1-11-3-2-4-12(9-11)13(10-14)15-5-7-16-8-6-15;/h2-4,9,13H,5-8H2,1H3;1H. The van der Waals surface area contributed by atoms with Crippen molar-refractivity contribution in [1.82, 2.24) is 4.90 Å². The van der Waals surface area contributed by atoms with Crippen molar-refractivity contribution in [1.29, 1.82) is 5.26 Å². The van der Waals surface area contributed by atoms with Gasteiger partial charge in [-0.1, -0.05) is 29.8 Å². The molecule has 1 aromatic carbocycles.